The first kappa shape index (κ1) is 56.5. The molecule has 8 nitrogen and oxygen atoms in total. The van der Waals surface area contributed by atoms with Crippen LogP contribution < -0.4 is 0 Å². The van der Waals surface area contributed by atoms with Gasteiger partial charge in [-0.2, -0.15) is 0 Å². The lowest BCUT2D eigenvalue weighted by atomic mass is 10.1. The maximum Gasteiger partial charge on any atom is 0.362 e. The van der Waals surface area contributed by atoms with Crippen LogP contribution in [0.2, 0.25) is 0 Å². The van der Waals surface area contributed by atoms with Crippen molar-refractivity contribution in [3.8, 4) is 0 Å². The van der Waals surface area contributed by atoms with Gasteiger partial charge in [0.05, 0.1) is 34.4 Å². The topological polar surface area (TPSA) is 99.1 Å². The standard InChI is InChI=1S/C51H93NO7/c1-6-8-10-12-14-16-18-20-22-24-25-26-28-30-32-34-36-38-40-42-50(54)59-47(45-57-44-43-48(51(55)56)52(3,4)5)46-58-49(53)41-39-37-35-33-31-29-27-23-21-19-17-15-13-11-9-7-2/h14,16,18,20,23,27,47-48H,6-13,15,17,19,21-22,24-26,28-46H2,1-5H3/p+1/b16-14+,20-18+,27-23+. The van der Waals surface area contributed by atoms with Crippen molar-refractivity contribution in [2.45, 2.75) is 231 Å². The highest BCUT2D eigenvalue weighted by Crippen LogP contribution is 2.15. The summed E-state index contributed by atoms with van der Waals surface area (Å²) in [5, 5.41) is 9.64. The Bertz CT molecular complexity index is 1060. The molecule has 0 aliphatic carbocycles. The number of carbonyl (C=O) groups excluding carboxylic acids is 2. The monoisotopic (exact) mass is 833 g/mol. The summed E-state index contributed by atoms with van der Waals surface area (Å²) in [6.07, 6.45) is 49.0. The summed E-state index contributed by atoms with van der Waals surface area (Å²) < 4.78 is 17.3. The maximum atomic E-state index is 12.8. The van der Waals surface area contributed by atoms with E-state index in [0.29, 0.717) is 19.3 Å². The molecule has 0 aromatic heterocycles. The van der Waals surface area contributed by atoms with Gasteiger partial charge in [0, 0.05) is 19.3 Å². The van der Waals surface area contributed by atoms with Gasteiger partial charge in [-0.15, -0.1) is 0 Å². The third-order valence-electron chi connectivity index (χ3n) is 11.0. The Kier molecular flexibility index (Phi) is 40.5. The number of ether oxygens (including phenoxy) is 3. The smallest absolute Gasteiger partial charge is 0.362 e. The largest absolute Gasteiger partial charge is 0.477 e. The zero-order valence-corrected chi connectivity index (χ0v) is 39.2. The van der Waals surface area contributed by atoms with E-state index in [1.807, 2.05) is 21.1 Å². The van der Waals surface area contributed by atoms with Crippen LogP contribution in [0.4, 0.5) is 0 Å². The number of rotatable bonds is 44. The number of quaternary nitrogens is 1. The number of carboxylic acid groups (broad SMARTS) is 1. The third kappa shape index (κ3) is 40.7. The normalized spacial score (nSPS) is 13.2. The highest BCUT2D eigenvalue weighted by molar-refractivity contribution is 5.72. The number of aliphatic carboxylic acids is 1. The quantitative estimate of drug-likeness (QED) is 0.0215. The average molecular weight is 833 g/mol. The van der Waals surface area contributed by atoms with Crippen molar-refractivity contribution < 1.29 is 38.2 Å². The number of allylic oxidation sites excluding steroid dienone is 6. The van der Waals surface area contributed by atoms with Gasteiger partial charge >= 0.3 is 17.9 Å². The number of hydrogen-bond donors (Lipinski definition) is 1. The van der Waals surface area contributed by atoms with E-state index in [-0.39, 0.29) is 36.2 Å². The molecule has 2 unspecified atom stereocenters. The van der Waals surface area contributed by atoms with E-state index < -0.39 is 18.1 Å². The lowest BCUT2D eigenvalue weighted by molar-refractivity contribution is -0.887. The number of esters is 2. The van der Waals surface area contributed by atoms with Crippen molar-refractivity contribution >= 4 is 17.9 Å². The minimum absolute atomic E-state index is 0.0549. The SMILES string of the molecule is CCCCC/C=C/C=C/CCCCCCCCCCCCC(=O)OC(COCCC(C(=O)O)[N+](C)(C)C)COC(=O)CCCCCCC/C=C/CCCCCCCCC. The zero-order valence-electron chi connectivity index (χ0n) is 39.2. The molecular weight excluding hydrogens is 739 g/mol. The van der Waals surface area contributed by atoms with Gasteiger partial charge < -0.3 is 23.8 Å². The fraction of sp³-hybridized carbons (Fsp3) is 0.824. The molecular formula is C51H94NO7+. The molecule has 0 aromatic rings. The van der Waals surface area contributed by atoms with Crippen LogP contribution in [0.3, 0.4) is 0 Å². The molecule has 2 atom stereocenters. The van der Waals surface area contributed by atoms with E-state index in [4.69, 9.17) is 14.2 Å². The number of carboxylic acids is 1. The van der Waals surface area contributed by atoms with Crippen LogP contribution >= 0.6 is 0 Å². The Labute approximate surface area is 364 Å². The molecule has 0 fully saturated rings. The molecule has 1 N–H and O–H groups in total. The summed E-state index contributed by atoms with van der Waals surface area (Å²) >= 11 is 0. The van der Waals surface area contributed by atoms with Crippen LogP contribution in [0.1, 0.15) is 219 Å². The van der Waals surface area contributed by atoms with E-state index in [9.17, 15) is 19.5 Å². The molecule has 0 saturated carbocycles. The van der Waals surface area contributed by atoms with Gasteiger partial charge in [0.25, 0.3) is 0 Å². The van der Waals surface area contributed by atoms with Crippen molar-refractivity contribution in [3.63, 3.8) is 0 Å². The first-order valence-electron chi connectivity index (χ1n) is 24.5. The minimum atomic E-state index is -0.875. The lowest BCUT2D eigenvalue weighted by Gasteiger charge is -2.31. The highest BCUT2D eigenvalue weighted by atomic mass is 16.6. The van der Waals surface area contributed by atoms with E-state index in [1.54, 1.807) is 0 Å². The average Bonchev–Trinajstić information content (AvgIpc) is 3.19. The fourth-order valence-electron chi connectivity index (χ4n) is 7.20. The molecule has 0 amide bonds. The summed E-state index contributed by atoms with van der Waals surface area (Å²) in [5.41, 5.74) is 0. The Morgan fingerprint density at radius 1 is 0.508 bits per heavy atom. The first-order chi connectivity index (χ1) is 28.6. The summed E-state index contributed by atoms with van der Waals surface area (Å²) in [7, 11) is 5.53. The number of hydrogen-bond acceptors (Lipinski definition) is 6. The van der Waals surface area contributed by atoms with Gasteiger partial charge in [-0.05, 0) is 64.2 Å². The molecule has 0 radical (unpaired) electrons. The van der Waals surface area contributed by atoms with Gasteiger partial charge in [-0.25, -0.2) is 4.79 Å². The van der Waals surface area contributed by atoms with Gasteiger partial charge in [0.15, 0.2) is 12.1 Å². The van der Waals surface area contributed by atoms with Crippen LogP contribution in [0, 0.1) is 0 Å². The van der Waals surface area contributed by atoms with Crippen LogP contribution in [-0.2, 0) is 28.6 Å². The van der Waals surface area contributed by atoms with E-state index in [1.165, 1.54) is 141 Å². The van der Waals surface area contributed by atoms with Crippen molar-refractivity contribution in [1.29, 1.82) is 0 Å². The predicted octanol–water partition coefficient (Wildman–Crippen LogP) is 13.8. The molecule has 0 saturated heterocycles. The van der Waals surface area contributed by atoms with Crippen molar-refractivity contribution in [2.24, 2.45) is 0 Å². The van der Waals surface area contributed by atoms with Crippen LogP contribution in [0.5, 0.6) is 0 Å². The van der Waals surface area contributed by atoms with Crippen LogP contribution in [0.25, 0.3) is 0 Å². The summed E-state index contributed by atoms with van der Waals surface area (Å²) in [6.45, 7) is 4.71. The number of nitrogens with zero attached hydrogens (tertiary/aromatic N) is 1. The lowest BCUT2D eigenvalue weighted by Crippen LogP contribution is -2.50. The Hall–Kier alpha value is -2.45. The highest BCUT2D eigenvalue weighted by Gasteiger charge is 2.31. The van der Waals surface area contributed by atoms with E-state index in [0.717, 1.165) is 44.9 Å². The maximum absolute atomic E-state index is 12.8. The summed E-state index contributed by atoms with van der Waals surface area (Å²) in [4.78, 5) is 37.1. The van der Waals surface area contributed by atoms with E-state index in [2.05, 4.69) is 50.3 Å². The molecule has 8 heteroatoms. The fourth-order valence-corrected chi connectivity index (χ4v) is 7.20. The molecule has 344 valence electrons. The van der Waals surface area contributed by atoms with Gasteiger partial charge in [-0.1, -0.05) is 172 Å². The molecule has 0 spiro atoms. The molecule has 0 heterocycles. The van der Waals surface area contributed by atoms with Crippen LogP contribution in [0.15, 0.2) is 36.5 Å². The second-order valence-corrected chi connectivity index (χ2v) is 17.7. The Morgan fingerprint density at radius 3 is 1.36 bits per heavy atom. The molecule has 59 heavy (non-hydrogen) atoms. The second kappa shape index (κ2) is 42.2. The van der Waals surface area contributed by atoms with Crippen LogP contribution in [-0.4, -0.2) is 80.6 Å². The van der Waals surface area contributed by atoms with Gasteiger partial charge in [-0.3, -0.25) is 9.59 Å². The molecule has 0 rings (SSSR count). The minimum Gasteiger partial charge on any atom is -0.477 e. The molecule has 0 aliphatic rings. The summed E-state index contributed by atoms with van der Waals surface area (Å²) in [5.74, 6) is -1.47. The number of likely N-dealkylation sites (N-methyl/N-ethyl adjacent to an activating group) is 1. The van der Waals surface area contributed by atoms with E-state index >= 15 is 0 Å². The third-order valence-corrected chi connectivity index (χ3v) is 11.0. The summed E-state index contributed by atoms with van der Waals surface area (Å²) in [6, 6.07) is -0.616. The zero-order chi connectivity index (χ0) is 43.5. The predicted molar refractivity (Wildman–Crippen MR) is 248 cm³/mol. The molecule has 0 aromatic carbocycles. The van der Waals surface area contributed by atoms with Crippen molar-refractivity contribution in [2.75, 3.05) is 41.0 Å². The van der Waals surface area contributed by atoms with Gasteiger partial charge in [0.1, 0.15) is 6.61 Å². The number of carbonyl (C=O) groups is 3. The first-order valence-corrected chi connectivity index (χ1v) is 24.5. The number of unbranched alkanes of at least 4 members (excludes halogenated alkanes) is 25. The van der Waals surface area contributed by atoms with Gasteiger partial charge in [0.2, 0.25) is 0 Å². The Balaban J connectivity index is 4.28. The molecule has 0 bridgehead atoms. The van der Waals surface area contributed by atoms with Crippen molar-refractivity contribution in [3.05, 3.63) is 36.5 Å². The van der Waals surface area contributed by atoms with Crippen molar-refractivity contribution in [1.82, 2.24) is 0 Å². The molecule has 0 aliphatic heterocycles. The Morgan fingerprint density at radius 2 is 0.898 bits per heavy atom. The second-order valence-electron chi connectivity index (χ2n) is 17.7.